The van der Waals surface area contributed by atoms with Crippen LogP contribution in [-0.4, -0.2) is 34.5 Å². The third-order valence-corrected chi connectivity index (χ3v) is 4.81. The first-order chi connectivity index (χ1) is 12.3. The Balaban J connectivity index is 0.00000261. The van der Waals surface area contributed by atoms with E-state index < -0.39 is 4.92 Å². The molecule has 0 spiro atoms. The van der Waals surface area contributed by atoms with Crippen LogP contribution in [0, 0.1) is 15.5 Å². The predicted octanol–water partition coefficient (Wildman–Crippen LogP) is 4.10. The van der Waals surface area contributed by atoms with E-state index in [4.69, 9.17) is 0 Å². The van der Waals surface area contributed by atoms with Crippen LogP contribution in [0.5, 0.6) is 0 Å². The van der Waals surface area contributed by atoms with Crippen molar-refractivity contribution in [3.8, 4) is 0 Å². The van der Waals surface area contributed by atoms with Crippen molar-refractivity contribution in [1.29, 1.82) is 0 Å². The minimum Gasteiger partial charge on any atom is -0.375 e. The van der Waals surface area contributed by atoms with Crippen molar-refractivity contribution in [2.75, 3.05) is 13.1 Å². The van der Waals surface area contributed by atoms with Crippen molar-refractivity contribution in [3.63, 3.8) is 0 Å². The van der Waals surface area contributed by atoms with Gasteiger partial charge in [-0.05, 0) is 49.3 Å². The molecule has 1 N–H and O–H groups in total. The average Bonchev–Trinajstić information content (AvgIpc) is 3.13. The zero-order valence-corrected chi connectivity index (χ0v) is 17.9. The smallest absolute Gasteiger partial charge is 0.271 e. The molecule has 3 rings (SSSR count). The van der Waals surface area contributed by atoms with Crippen LogP contribution in [-0.2, 0) is 0 Å². The van der Waals surface area contributed by atoms with Crippen LogP contribution in [0.2, 0.25) is 0 Å². The van der Waals surface area contributed by atoms with Gasteiger partial charge in [0.25, 0.3) is 11.6 Å². The Bertz CT molecular complexity index is 766. The molecule has 0 bridgehead atoms. The molecule has 1 aromatic carbocycles. The van der Waals surface area contributed by atoms with Gasteiger partial charge in [0, 0.05) is 36.5 Å². The molecule has 8 heteroatoms. The van der Waals surface area contributed by atoms with E-state index in [0.717, 1.165) is 31.6 Å². The van der Waals surface area contributed by atoms with Crippen molar-refractivity contribution in [3.05, 3.63) is 51.7 Å². The molecule has 0 radical (unpaired) electrons. The van der Waals surface area contributed by atoms with Gasteiger partial charge in [-0.2, -0.15) is 5.10 Å². The molecule has 0 aromatic heterocycles. The summed E-state index contributed by atoms with van der Waals surface area (Å²) in [6.07, 6.45) is 6.35. The first-order valence-electron chi connectivity index (χ1n) is 8.91. The molecular weight excluding hydrogens is 459 g/mol. The van der Waals surface area contributed by atoms with E-state index in [9.17, 15) is 14.9 Å². The summed E-state index contributed by atoms with van der Waals surface area (Å²) in [4.78, 5) is 24.9. The van der Waals surface area contributed by atoms with Gasteiger partial charge in [0.2, 0.25) is 0 Å². The molecule has 1 aliphatic heterocycles. The number of allylic oxidation sites excluding steroid dienone is 2. The zero-order valence-electron chi connectivity index (χ0n) is 15.6. The molecular formula is C19H25IN4O3. The normalized spacial score (nSPS) is 20.0. The minimum atomic E-state index is -0.489. The van der Waals surface area contributed by atoms with Gasteiger partial charge in [-0.1, -0.05) is 13.8 Å². The second-order valence-electron chi connectivity index (χ2n) is 7.70. The average molecular weight is 484 g/mol. The van der Waals surface area contributed by atoms with Crippen LogP contribution < -0.4 is 5.43 Å². The van der Waals surface area contributed by atoms with Crippen molar-refractivity contribution in [2.24, 2.45) is 10.5 Å². The molecule has 1 fully saturated rings. The number of likely N-dealkylation sites (tertiary alicyclic amines) is 1. The molecule has 146 valence electrons. The van der Waals surface area contributed by atoms with E-state index in [0.29, 0.717) is 5.56 Å². The Hall–Kier alpha value is -1.97. The molecule has 0 saturated carbocycles. The molecule has 0 atom stereocenters. The highest BCUT2D eigenvalue weighted by Crippen LogP contribution is 2.36. The zero-order chi connectivity index (χ0) is 18.7. The number of nitrogens with one attached hydrogen (secondary N) is 1. The summed E-state index contributed by atoms with van der Waals surface area (Å²) < 4.78 is 0. The number of carbonyl (C=O) groups excluding carboxylic acids is 1. The summed E-state index contributed by atoms with van der Waals surface area (Å²) in [6.45, 7) is 6.60. The number of rotatable bonds is 4. The Morgan fingerprint density at radius 1 is 1.19 bits per heavy atom. The number of non-ortho nitro benzene ring substituents is 1. The Labute approximate surface area is 176 Å². The van der Waals surface area contributed by atoms with E-state index in [-0.39, 0.29) is 41.0 Å². The van der Waals surface area contributed by atoms with Gasteiger partial charge in [-0.25, -0.2) is 5.43 Å². The standard InChI is InChI=1S/C19H24N4O3.HI/c1-19(2)12-15(11-17(13-19)22-9-3-4-10-22)20-21-18(24)14-5-7-16(8-6-14)23(25)26;/h5-8,11H,3-4,9-10,12-13H2,1-2H3,(H,21,24);1H/b20-15-;. The highest BCUT2D eigenvalue weighted by molar-refractivity contribution is 14.0. The van der Waals surface area contributed by atoms with Crippen molar-refractivity contribution in [1.82, 2.24) is 10.3 Å². The topological polar surface area (TPSA) is 87.8 Å². The number of hydrazone groups is 1. The Kier molecular flexibility index (Phi) is 6.96. The fraction of sp³-hybridized carbons (Fsp3) is 0.474. The molecule has 2 aliphatic rings. The van der Waals surface area contributed by atoms with Crippen LogP contribution in [0.1, 0.15) is 49.9 Å². The first kappa shape index (κ1) is 21.3. The highest BCUT2D eigenvalue weighted by atomic mass is 127. The van der Waals surface area contributed by atoms with Crippen LogP contribution in [0.25, 0.3) is 0 Å². The number of nitro groups is 1. The lowest BCUT2D eigenvalue weighted by atomic mass is 9.78. The number of nitrogens with zero attached hydrogens (tertiary/aromatic N) is 3. The largest absolute Gasteiger partial charge is 0.375 e. The maximum Gasteiger partial charge on any atom is 0.271 e. The van der Waals surface area contributed by atoms with Gasteiger partial charge >= 0.3 is 0 Å². The summed E-state index contributed by atoms with van der Waals surface area (Å²) in [5.41, 5.74) is 5.14. The van der Waals surface area contributed by atoms with Gasteiger partial charge in [-0.15, -0.1) is 24.0 Å². The van der Waals surface area contributed by atoms with E-state index in [1.54, 1.807) is 0 Å². The third kappa shape index (κ3) is 5.50. The van der Waals surface area contributed by atoms with Crippen molar-refractivity contribution >= 4 is 41.3 Å². The van der Waals surface area contributed by atoms with Crippen LogP contribution in [0.15, 0.2) is 41.1 Å². The number of amides is 1. The number of hydrogen-bond donors (Lipinski definition) is 1. The van der Waals surface area contributed by atoms with Crippen LogP contribution >= 0.6 is 24.0 Å². The van der Waals surface area contributed by atoms with Crippen LogP contribution in [0.4, 0.5) is 5.69 Å². The van der Waals surface area contributed by atoms with Gasteiger partial charge in [0.15, 0.2) is 0 Å². The summed E-state index contributed by atoms with van der Waals surface area (Å²) in [5, 5.41) is 15.0. The molecule has 7 nitrogen and oxygen atoms in total. The Morgan fingerprint density at radius 3 is 2.41 bits per heavy atom. The molecule has 0 unspecified atom stereocenters. The van der Waals surface area contributed by atoms with Gasteiger partial charge in [0.05, 0.1) is 10.6 Å². The second kappa shape index (κ2) is 8.81. The molecule has 1 aliphatic carbocycles. The van der Waals surface area contributed by atoms with E-state index in [1.165, 1.54) is 42.8 Å². The van der Waals surface area contributed by atoms with Gasteiger partial charge in [-0.3, -0.25) is 14.9 Å². The number of nitro benzene ring substituents is 1. The molecule has 27 heavy (non-hydrogen) atoms. The maximum atomic E-state index is 12.2. The quantitative estimate of drug-likeness (QED) is 0.396. The fourth-order valence-electron chi connectivity index (χ4n) is 3.54. The van der Waals surface area contributed by atoms with Crippen LogP contribution in [0.3, 0.4) is 0 Å². The lowest BCUT2D eigenvalue weighted by Gasteiger charge is -2.34. The van der Waals surface area contributed by atoms with Crippen molar-refractivity contribution < 1.29 is 9.72 Å². The summed E-state index contributed by atoms with van der Waals surface area (Å²) in [6, 6.07) is 5.50. The third-order valence-electron chi connectivity index (χ3n) is 4.81. The van der Waals surface area contributed by atoms with E-state index >= 15 is 0 Å². The number of hydrogen-bond acceptors (Lipinski definition) is 5. The summed E-state index contributed by atoms with van der Waals surface area (Å²) in [7, 11) is 0. The molecule has 1 amide bonds. The fourth-order valence-corrected chi connectivity index (χ4v) is 3.54. The predicted molar refractivity (Wildman–Crippen MR) is 115 cm³/mol. The van der Waals surface area contributed by atoms with E-state index in [1.807, 2.05) is 0 Å². The first-order valence-corrected chi connectivity index (χ1v) is 8.91. The SMILES string of the molecule is CC1(C)CC(N2CCCC2)=C/C(=N/NC(=O)c2ccc([N+](=O)[O-])cc2)C1.I. The Morgan fingerprint density at radius 2 is 1.81 bits per heavy atom. The monoisotopic (exact) mass is 484 g/mol. The summed E-state index contributed by atoms with van der Waals surface area (Å²) in [5.74, 6) is -0.369. The number of benzene rings is 1. The van der Waals surface area contributed by atoms with Crippen molar-refractivity contribution in [2.45, 2.75) is 39.5 Å². The second-order valence-corrected chi connectivity index (χ2v) is 7.70. The van der Waals surface area contributed by atoms with Gasteiger partial charge in [0.1, 0.15) is 0 Å². The van der Waals surface area contributed by atoms with Gasteiger partial charge < -0.3 is 4.90 Å². The molecule has 1 heterocycles. The number of halogens is 1. The molecule has 1 saturated heterocycles. The summed E-state index contributed by atoms with van der Waals surface area (Å²) >= 11 is 0. The van der Waals surface area contributed by atoms with E-state index in [2.05, 4.69) is 35.4 Å². The highest BCUT2D eigenvalue weighted by Gasteiger charge is 2.29. The minimum absolute atomic E-state index is 0. The lowest BCUT2D eigenvalue weighted by molar-refractivity contribution is -0.384. The molecule has 1 aromatic rings. The number of carbonyl (C=O) groups is 1. The lowest BCUT2D eigenvalue weighted by Crippen LogP contribution is -2.31. The maximum absolute atomic E-state index is 12.2.